The molecule has 0 aliphatic heterocycles. The maximum atomic E-state index is 5.89. The van der Waals surface area contributed by atoms with Gasteiger partial charge in [-0.15, -0.1) is 0 Å². The first kappa shape index (κ1) is 15.5. The zero-order valence-electron chi connectivity index (χ0n) is 11.4. The van der Waals surface area contributed by atoms with Crippen LogP contribution in [0, 0.1) is 0 Å². The molecule has 0 radical (unpaired) electrons. The molecule has 0 aliphatic carbocycles. The highest BCUT2D eigenvalue weighted by molar-refractivity contribution is 6.30. The molecule has 0 heterocycles. The lowest BCUT2D eigenvalue weighted by Crippen LogP contribution is -2.25. The van der Waals surface area contributed by atoms with E-state index < -0.39 is 0 Å². The second kappa shape index (κ2) is 9.37. The third kappa shape index (κ3) is 5.85. The van der Waals surface area contributed by atoms with Crippen molar-refractivity contribution in [3.63, 3.8) is 0 Å². The monoisotopic (exact) mass is 269 g/mol. The lowest BCUT2D eigenvalue weighted by atomic mass is 10.0. The van der Waals surface area contributed by atoms with Crippen molar-refractivity contribution in [1.82, 2.24) is 5.32 Å². The molecule has 2 nitrogen and oxygen atoms in total. The minimum atomic E-state index is 0.386. The summed E-state index contributed by atoms with van der Waals surface area (Å²) < 4.78 is 5.54. The lowest BCUT2D eigenvalue weighted by molar-refractivity contribution is 0.130. The fourth-order valence-corrected chi connectivity index (χ4v) is 1.97. The Kier molecular flexibility index (Phi) is 8.06. The molecule has 0 amide bonds. The fraction of sp³-hybridized carbons (Fsp3) is 0.600. The van der Waals surface area contributed by atoms with Gasteiger partial charge in [0.2, 0.25) is 0 Å². The summed E-state index contributed by atoms with van der Waals surface area (Å²) in [5, 5.41) is 4.30. The molecule has 102 valence electrons. The Morgan fingerprint density at radius 3 is 2.50 bits per heavy atom. The first-order valence-corrected chi connectivity index (χ1v) is 7.22. The molecular formula is C15H24ClNO. The van der Waals surface area contributed by atoms with Crippen molar-refractivity contribution < 1.29 is 4.74 Å². The van der Waals surface area contributed by atoms with Crippen LogP contribution in [0.25, 0.3) is 0 Å². The number of benzene rings is 1. The molecule has 0 saturated heterocycles. The van der Waals surface area contributed by atoms with E-state index in [9.17, 15) is 0 Å². The zero-order chi connectivity index (χ0) is 13.2. The normalized spacial score (nSPS) is 12.6. The van der Waals surface area contributed by atoms with Gasteiger partial charge in [-0.3, -0.25) is 0 Å². The minimum Gasteiger partial charge on any atom is -0.380 e. The molecule has 1 rings (SSSR count). The van der Waals surface area contributed by atoms with Gasteiger partial charge in [0.25, 0.3) is 0 Å². The van der Waals surface area contributed by atoms with Crippen LogP contribution in [0.2, 0.25) is 5.02 Å². The van der Waals surface area contributed by atoms with Crippen molar-refractivity contribution in [1.29, 1.82) is 0 Å². The zero-order valence-corrected chi connectivity index (χ0v) is 12.2. The van der Waals surface area contributed by atoms with Crippen LogP contribution in [-0.2, 0) is 4.74 Å². The topological polar surface area (TPSA) is 21.3 Å². The van der Waals surface area contributed by atoms with Gasteiger partial charge in [-0.25, -0.2) is 0 Å². The highest BCUT2D eigenvalue weighted by Gasteiger charge is 2.07. The standard InChI is InChI=1S/C15H24ClNO/c1-3-5-11-18-12-10-17-15(4-2)13-6-8-14(16)9-7-13/h6-9,15,17H,3-5,10-12H2,1-2H3. The summed E-state index contributed by atoms with van der Waals surface area (Å²) in [6.45, 7) is 6.91. The van der Waals surface area contributed by atoms with Crippen LogP contribution in [-0.4, -0.2) is 19.8 Å². The predicted molar refractivity (Wildman–Crippen MR) is 78.2 cm³/mol. The van der Waals surface area contributed by atoms with Crippen molar-refractivity contribution in [3.05, 3.63) is 34.9 Å². The third-order valence-corrected chi connectivity index (χ3v) is 3.21. The van der Waals surface area contributed by atoms with Crippen LogP contribution in [0.15, 0.2) is 24.3 Å². The van der Waals surface area contributed by atoms with Gasteiger partial charge in [-0.1, -0.05) is 44.0 Å². The molecule has 0 fully saturated rings. The highest BCUT2D eigenvalue weighted by Crippen LogP contribution is 2.18. The Hall–Kier alpha value is -0.570. The van der Waals surface area contributed by atoms with E-state index >= 15 is 0 Å². The maximum absolute atomic E-state index is 5.89. The van der Waals surface area contributed by atoms with Crippen molar-refractivity contribution in [2.24, 2.45) is 0 Å². The Balaban J connectivity index is 2.27. The Morgan fingerprint density at radius 1 is 1.17 bits per heavy atom. The molecular weight excluding hydrogens is 246 g/mol. The molecule has 1 aromatic carbocycles. The molecule has 3 heteroatoms. The Morgan fingerprint density at radius 2 is 1.89 bits per heavy atom. The molecule has 0 saturated carbocycles. The third-order valence-electron chi connectivity index (χ3n) is 2.96. The van der Waals surface area contributed by atoms with Gasteiger partial charge in [0, 0.05) is 24.2 Å². The van der Waals surface area contributed by atoms with Crippen molar-refractivity contribution in [2.45, 2.75) is 39.2 Å². The number of hydrogen-bond acceptors (Lipinski definition) is 2. The van der Waals surface area contributed by atoms with Gasteiger partial charge in [0.15, 0.2) is 0 Å². The van der Waals surface area contributed by atoms with Gasteiger partial charge < -0.3 is 10.1 Å². The number of halogens is 1. The summed E-state index contributed by atoms with van der Waals surface area (Å²) in [7, 11) is 0. The molecule has 0 aliphatic rings. The van der Waals surface area contributed by atoms with E-state index in [0.29, 0.717) is 6.04 Å². The van der Waals surface area contributed by atoms with Crippen molar-refractivity contribution in [3.8, 4) is 0 Å². The SMILES string of the molecule is CCCCOCCNC(CC)c1ccc(Cl)cc1. The highest BCUT2D eigenvalue weighted by atomic mass is 35.5. The molecule has 0 bridgehead atoms. The summed E-state index contributed by atoms with van der Waals surface area (Å²) in [4.78, 5) is 0. The van der Waals surface area contributed by atoms with Crippen LogP contribution in [0.1, 0.15) is 44.7 Å². The van der Waals surface area contributed by atoms with Gasteiger partial charge in [0.05, 0.1) is 6.61 Å². The average molecular weight is 270 g/mol. The molecule has 1 unspecified atom stereocenters. The van der Waals surface area contributed by atoms with E-state index in [1.807, 2.05) is 12.1 Å². The predicted octanol–water partition coefficient (Wildman–Crippen LogP) is 4.20. The second-order valence-electron chi connectivity index (χ2n) is 4.43. The average Bonchev–Trinajstić information content (AvgIpc) is 2.39. The summed E-state index contributed by atoms with van der Waals surface area (Å²) in [6, 6.07) is 8.44. The van der Waals surface area contributed by atoms with Crippen molar-refractivity contribution in [2.75, 3.05) is 19.8 Å². The first-order valence-electron chi connectivity index (χ1n) is 6.84. The smallest absolute Gasteiger partial charge is 0.0591 e. The van der Waals surface area contributed by atoms with Gasteiger partial charge in [0.1, 0.15) is 0 Å². The number of rotatable bonds is 9. The second-order valence-corrected chi connectivity index (χ2v) is 4.87. The van der Waals surface area contributed by atoms with Crippen molar-refractivity contribution >= 4 is 11.6 Å². The van der Waals surface area contributed by atoms with Crippen LogP contribution < -0.4 is 5.32 Å². The fourth-order valence-electron chi connectivity index (χ4n) is 1.85. The summed E-state index contributed by atoms with van der Waals surface area (Å²) in [5.74, 6) is 0. The van der Waals surface area contributed by atoms with E-state index in [4.69, 9.17) is 16.3 Å². The van der Waals surface area contributed by atoms with Crippen LogP contribution in [0.5, 0.6) is 0 Å². The molecule has 18 heavy (non-hydrogen) atoms. The lowest BCUT2D eigenvalue weighted by Gasteiger charge is -2.17. The molecule has 1 atom stereocenters. The summed E-state index contributed by atoms with van der Waals surface area (Å²) in [6.07, 6.45) is 3.40. The van der Waals surface area contributed by atoms with Gasteiger partial charge >= 0.3 is 0 Å². The van der Waals surface area contributed by atoms with Gasteiger partial charge in [-0.2, -0.15) is 0 Å². The maximum Gasteiger partial charge on any atom is 0.0591 e. The number of nitrogens with one attached hydrogen (secondary N) is 1. The van der Waals surface area contributed by atoms with Crippen LogP contribution in [0.4, 0.5) is 0 Å². The number of unbranched alkanes of at least 4 members (excludes halogenated alkanes) is 1. The Labute approximate surface area is 116 Å². The quantitative estimate of drug-likeness (QED) is 0.679. The van der Waals surface area contributed by atoms with Crippen LogP contribution in [0.3, 0.4) is 0 Å². The molecule has 0 spiro atoms. The Bertz CT molecular complexity index is 313. The van der Waals surface area contributed by atoms with E-state index in [1.165, 1.54) is 12.0 Å². The number of hydrogen-bond donors (Lipinski definition) is 1. The van der Waals surface area contributed by atoms with E-state index in [1.54, 1.807) is 0 Å². The van der Waals surface area contributed by atoms with E-state index in [-0.39, 0.29) is 0 Å². The summed E-state index contributed by atoms with van der Waals surface area (Å²) >= 11 is 5.89. The largest absolute Gasteiger partial charge is 0.380 e. The summed E-state index contributed by atoms with van der Waals surface area (Å²) in [5.41, 5.74) is 1.29. The van der Waals surface area contributed by atoms with E-state index in [2.05, 4.69) is 31.3 Å². The molecule has 1 N–H and O–H groups in total. The van der Waals surface area contributed by atoms with Gasteiger partial charge in [-0.05, 0) is 30.5 Å². The van der Waals surface area contributed by atoms with Crippen LogP contribution >= 0.6 is 11.6 Å². The molecule has 1 aromatic rings. The first-order chi connectivity index (χ1) is 8.77. The number of ether oxygens (including phenoxy) is 1. The minimum absolute atomic E-state index is 0.386. The molecule has 0 aromatic heterocycles. The van der Waals surface area contributed by atoms with E-state index in [0.717, 1.165) is 37.6 Å².